The van der Waals surface area contributed by atoms with E-state index >= 15 is 0 Å². The molecule has 2 aromatic carbocycles. The maximum Gasteiger partial charge on any atom is 0.267 e. The number of hydrogen-bond donors (Lipinski definition) is 3. The summed E-state index contributed by atoms with van der Waals surface area (Å²) >= 11 is 0. The minimum absolute atomic E-state index is 0.438. The molecule has 29 heavy (non-hydrogen) atoms. The number of nitrogens with zero attached hydrogens (tertiary/aromatic N) is 1. The second-order valence-corrected chi connectivity index (χ2v) is 7.64. The zero-order valence-electron chi connectivity index (χ0n) is 17.3. The lowest BCUT2D eigenvalue weighted by molar-refractivity contribution is -0.124. The molecule has 0 spiro atoms. The zero-order valence-corrected chi connectivity index (χ0v) is 17.3. The Kier molecular flexibility index (Phi) is 6.86. The molecule has 0 unspecified atom stereocenters. The second kappa shape index (κ2) is 9.54. The van der Waals surface area contributed by atoms with E-state index in [9.17, 15) is 4.79 Å². The molecule has 1 amide bonds. The zero-order chi connectivity index (χ0) is 20.8. The van der Waals surface area contributed by atoms with E-state index in [0.717, 1.165) is 25.1 Å². The molecular weight excluding hydrogens is 362 g/mol. The lowest BCUT2D eigenvalue weighted by Gasteiger charge is -2.26. The van der Waals surface area contributed by atoms with E-state index in [1.165, 1.54) is 33.8 Å². The molecule has 3 N–H and O–H groups in total. The molecule has 1 aromatic heterocycles. The summed E-state index contributed by atoms with van der Waals surface area (Å²) in [5.41, 5.74) is 7.59. The molecule has 0 saturated heterocycles. The number of nitrogens with one attached hydrogen (secondary N) is 2. The van der Waals surface area contributed by atoms with Crippen LogP contribution in [-0.4, -0.2) is 33.6 Å². The average molecular weight is 392 g/mol. The van der Waals surface area contributed by atoms with E-state index in [-0.39, 0.29) is 0 Å². The van der Waals surface area contributed by atoms with Crippen molar-refractivity contribution in [1.82, 2.24) is 15.4 Å². The minimum Gasteiger partial charge on any atom is -0.358 e. The number of carbonyl (C=O) groups excluding carboxylic acids is 1. The van der Waals surface area contributed by atoms with Gasteiger partial charge in [-0.1, -0.05) is 42.5 Å². The number of hydrogen-bond acceptors (Lipinski definition) is 3. The van der Waals surface area contributed by atoms with E-state index in [1.54, 1.807) is 11.6 Å². The first-order valence-corrected chi connectivity index (χ1v) is 9.99. The summed E-state index contributed by atoms with van der Waals surface area (Å²) in [5.74, 6) is -0.535. The highest BCUT2D eigenvalue weighted by Crippen LogP contribution is 2.23. The number of aryl methyl sites for hydroxylation is 1. The van der Waals surface area contributed by atoms with Gasteiger partial charge in [0.25, 0.3) is 5.91 Å². The van der Waals surface area contributed by atoms with Gasteiger partial charge >= 0.3 is 0 Å². The van der Waals surface area contributed by atoms with Crippen molar-refractivity contribution in [3.05, 3.63) is 77.0 Å². The Morgan fingerprint density at radius 3 is 2.59 bits per heavy atom. The Balaban J connectivity index is 1.66. The SMILES string of the molecule is Cc1[nH]c2ccccc2c1CCN(Cc1ccc(C=CC(=O)NO)cc1)C(C)C. The molecule has 0 radical (unpaired) electrons. The molecule has 0 fully saturated rings. The summed E-state index contributed by atoms with van der Waals surface area (Å²) in [7, 11) is 0. The molecule has 0 aliphatic rings. The van der Waals surface area contributed by atoms with Gasteiger partial charge in [0.2, 0.25) is 0 Å². The Labute approximate surface area is 172 Å². The van der Waals surface area contributed by atoms with E-state index < -0.39 is 5.91 Å². The van der Waals surface area contributed by atoms with Crippen LogP contribution in [0.5, 0.6) is 0 Å². The molecule has 0 bridgehead atoms. The van der Waals surface area contributed by atoms with Gasteiger partial charge in [0, 0.05) is 41.8 Å². The third-order valence-electron chi connectivity index (χ3n) is 5.31. The van der Waals surface area contributed by atoms with Crippen LogP contribution in [0.15, 0.2) is 54.6 Å². The Morgan fingerprint density at radius 1 is 1.17 bits per heavy atom. The lowest BCUT2D eigenvalue weighted by Crippen LogP contribution is -2.32. The van der Waals surface area contributed by atoms with Gasteiger partial charge in [-0.3, -0.25) is 14.9 Å². The predicted octanol–water partition coefficient (Wildman–Crippen LogP) is 4.45. The summed E-state index contributed by atoms with van der Waals surface area (Å²) < 4.78 is 0. The van der Waals surface area contributed by atoms with Crippen LogP contribution >= 0.6 is 0 Å². The number of amides is 1. The maximum absolute atomic E-state index is 11.1. The Morgan fingerprint density at radius 2 is 1.90 bits per heavy atom. The fourth-order valence-corrected chi connectivity index (χ4v) is 3.61. The highest BCUT2D eigenvalue weighted by atomic mass is 16.5. The summed E-state index contributed by atoms with van der Waals surface area (Å²) in [6.45, 7) is 8.47. The van der Waals surface area contributed by atoms with Gasteiger partial charge in [-0.25, -0.2) is 5.48 Å². The van der Waals surface area contributed by atoms with Crippen LogP contribution < -0.4 is 5.48 Å². The normalized spacial score (nSPS) is 11.8. The second-order valence-electron chi connectivity index (χ2n) is 7.64. The van der Waals surface area contributed by atoms with Crippen molar-refractivity contribution in [3.8, 4) is 0 Å². The number of aromatic amines is 1. The monoisotopic (exact) mass is 391 g/mol. The molecule has 1 heterocycles. The van der Waals surface area contributed by atoms with E-state index in [1.807, 2.05) is 12.1 Å². The first kappa shape index (κ1) is 20.8. The van der Waals surface area contributed by atoms with Gasteiger partial charge in [-0.05, 0) is 56.0 Å². The fourth-order valence-electron chi connectivity index (χ4n) is 3.61. The van der Waals surface area contributed by atoms with E-state index in [0.29, 0.717) is 6.04 Å². The van der Waals surface area contributed by atoms with Crippen molar-refractivity contribution in [2.75, 3.05) is 6.54 Å². The summed E-state index contributed by atoms with van der Waals surface area (Å²) in [6, 6.07) is 17.1. The largest absolute Gasteiger partial charge is 0.358 e. The number of hydroxylamine groups is 1. The first-order valence-electron chi connectivity index (χ1n) is 9.99. The summed E-state index contributed by atoms with van der Waals surface area (Å²) in [6.07, 6.45) is 3.99. The number of H-pyrrole nitrogens is 1. The molecule has 3 aromatic rings. The van der Waals surface area contributed by atoms with Crippen LogP contribution in [0.4, 0.5) is 0 Å². The maximum atomic E-state index is 11.1. The quantitative estimate of drug-likeness (QED) is 0.302. The lowest BCUT2D eigenvalue weighted by atomic mass is 10.1. The molecule has 152 valence electrons. The highest BCUT2D eigenvalue weighted by molar-refractivity contribution is 5.90. The van der Waals surface area contributed by atoms with Crippen molar-refractivity contribution in [3.63, 3.8) is 0 Å². The van der Waals surface area contributed by atoms with Gasteiger partial charge in [0.05, 0.1) is 0 Å². The minimum atomic E-state index is -0.535. The van der Waals surface area contributed by atoms with Gasteiger partial charge < -0.3 is 4.98 Å². The van der Waals surface area contributed by atoms with Gasteiger partial charge in [0.15, 0.2) is 0 Å². The standard InChI is InChI=1S/C24H29N3O2/c1-17(2)27(15-14-21-18(3)25-23-7-5-4-6-22(21)23)16-20-10-8-19(9-11-20)12-13-24(28)26-29/h4-13,17,25,29H,14-16H2,1-3H3,(H,26,28). The number of rotatable bonds is 8. The smallest absolute Gasteiger partial charge is 0.267 e. The molecule has 0 atom stereocenters. The first-order chi connectivity index (χ1) is 14.0. The summed E-state index contributed by atoms with van der Waals surface area (Å²) in [4.78, 5) is 17.1. The third kappa shape index (κ3) is 5.34. The number of para-hydroxylation sites is 1. The molecular formula is C24H29N3O2. The van der Waals surface area contributed by atoms with Crippen molar-refractivity contribution in [1.29, 1.82) is 0 Å². The van der Waals surface area contributed by atoms with Gasteiger partial charge in [0.1, 0.15) is 0 Å². The number of carbonyl (C=O) groups is 1. The number of aromatic nitrogens is 1. The van der Waals surface area contributed by atoms with Crippen molar-refractivity contribution < 1.29 is 10.0 Å². The topological polar surface area (TPSA) is 68.4 Å². The number of benzene rings is 2. The molecule has 3 rings (SSSR count). The Hall–Kier alpha value is -2.89. The molecule has 5 heteroatoms. The van der Waals surface area contributed by atoms with Crippen LogP contribution in [-0.2, 0) is 17.8 Å². The van der Waals surface area contributed by atoms with Crippen LogP contribution in [0.25, 0.3) is 17.0 Å². The fraction of sp³-hybridized carbons (Fsp3) is 0.292. The average Bonchev–Trinajstić information content (AvgIpc) is 3.05. The van der Waals surface area contributed by atoms with Crippen LogP contribution in [0.1, 0.15) is 36.2 Å². The Bertz CT molecular complexity index is 987. The van der Waals surface area contributed by atoms with Crippen LogP contribution in [0.3, 0.4) is 0 Å². The highest BCUT2D eigenvalue weighted by Gasteiger charge is 2.13. The number of fused-ring (bicyclic) bond motifs is 1. The summed E-state index contributed by atoms with van der Waals surface area (Å²) in [5, 5.41) is 9.86. The molecule has 5 nitrogen and oxygen atoms in total. The van der Waals surface area contributed by atoms with Crippen molar-refractivity contribution >= 4 is 22.9 Å². The van der Waals surface area contributed by atoms with Gasteiger partial charge in [-0.2, -0.15) is 0 Å². The van der Waals surface area contributed by atoms with E-state index in [2.05, 4.69) is 67.1 Å². The van der Waals surface area contributed by atoms with E-state index in [4.69, 9.17) is 5.21 Å². The van der Waals surface area contributed by atoms with Crippen LogP contribution in [0, 0.1) is 6.92 Å². The van der Waals surface area contributed by atoms with Crippen LogP contribution in [0.2, 0.25) is 0 Å². The predicted molar refractivity (Wildman–Crippen MR) is 118 cm³/mol. The molecule has 0 saturated carbocycles. The third-order valence-corrected chi connectivity index (χ3v) is 5.31. The molecule has 0 aliphatic carbocycles. The van der Waals surface area contributed by atoms with Gasteiger partial charge in [-0.15, -0.1) is 0 Å². The van der Waals surface area contributed by atoms with Crippen molar-refractivity contribution in [2.24, 2.45) is 0 Å². The molecule has 0 aliphatic heterocycles. The van der Waals surface area contributed by atoms with Crippen molar-refractivity contribution in [2.45, 2.75) is 39.8 Å².